The molecule has 0 radical (unpaired) electrons. The van der Waals surface area contributed by atoms with Gasteiger partial charge < -0.3 is 10.6 Å². The van der Waals surface area contributed by atoms with E-state index in [1.165, 1.54) is 11.3 Å². The molecule has 0 saturated heterocycles. The Labute approximate surface area is 92.9 Å². The number of nitrogens with zero attached hydrogens (tertiary/aromatic N) is 1. The van der Waals surface area contributed by atoms with Gasteiger partial charge in [0.25, 0.3) is 0 Å². The molecule has 4 nitrogen and oxygen atoms in total. The van der Waals surface area contributed by atoms with Crippen LogP contribution in [0.2, 0.25) is 0 Å². The predicted molar refractivity (Wildman–Crippen MR) is 60.8 cm³/mol. The number of amides is 1. The molecule has 15 heavy (non-hydrogen) atoms. The van der Waals surface area contributed by atoms with E-state index in [9.17, 15) is 4.79 Å². The van der Waals surface area contributed by atoms with Crippen LogP contribution in [0.25, 0.3) is 0 Å². The van der Waals surface area contributed by atoms with Crippen molar-refractivity contribution in [3.8, 4) is 6.07 Å². The number of anilines is 1. The van der Waals surface area contributed by atoms with E-state index in [4.69, 9.17) is 5.26 Å². The van der Waals surface area contributed by atoms with Crippen molar-refractivity contribution in [2.45, 2.75) is 6.92 Å². The predicted octanol–water partition coefficient (Wildman–Crippen LogP) is 1.41. The van der Waals surface area contributed by atoms with E-state index >= 15 is 0 Å². The maximum atomic E-state index is 11.6. The van der Waals surface area contributed by atoms with Crippen LogP contribution in [0, 0.1) is 17.2 Å². The van der Waals surface area contributed by atoms with Crippen LogP contribution in [-0.2, 0) is 4.79 Å². The molecule has 0 saturated carbocycles. The van der Waals surface area contributed by atoms with Crippen molar-refractivity contribution >= 4 is 22.2 Å². The molecule has 1 amide bonds. The van der Waals surface area contributed by atoms with Crippen molar-refractivity contribution in [1.29, 1.82) is 5.26 Å². The molecule has 5 heteroatoms. The molecule has 0 aliphatic carbocycles. The maximum Gasteiger partial charge on any atom is 0.229 e. The summed E-state index contributed by atoms with van der Waals surface area (Å²) in [5.74, 6) is -0.174. The molecule has 0 spiro atoms. The molecule has 0 aromatic carbocycles. The van der Waals surface area contributed by atoms with Gasteiger partial charge in [0.05, 0.1) is 5.56 Å². The van der Waals surface area contributed by atoms with E-state index in [1.54, 1.807) is 18.5 Å². The molecule has 0 aliphatic heterocycles. The lowest BCUT2D eigenvalue weighted by molar-refractivity contribution is -0.119. The summed E-state index contributed by atoms with van der Waals surface area (Å²) < 4.78 is 0. The van der Waals surface area contributed by atoms with Crippen molar-refractivity contribution in [2.24, 2.45) is 5.92 Å². The summed E-state index contributed by atoms with van der Waals surface area (Å²) in [6.07, 6.45) is 0. The molecule has 80 valence electrons. The number of rotatable bonds is 4. The highest BCUT2D eigenvalue weighted by atomic mass is 32.1. The lowest BCUT2D eigenvalue weighted by Gasteiger charge is -2.10. The summed E-state index contributed by atoms with van der Waals surface area (Å²) in [7, 11) is 1.80. The minimum Gasteiger partial charge on any atom is -0.319 e. The van der Waals surface area contributed by atoms with Gasteiger partial charge in [-0.1, -0.05) is 6.92 Å². The second kappa shape index (κ2) is 5.49. The molecule has 0 bridgehead atoms. The molecule has 1 rings (SSSR count). The first-order valence-corrected chi connectivity index (χ1v) is 5.50. The lowest BCUT2D eigenvalue weighted by atomic mass is 10.1. The minimum absolute atomic E-state index is 0.0664. The van der Waals surface area contributed by atoms with Gasteiger partial charge in [-0.25, -0.2) is 0 Å². The van der Waals surface area contributed by atoms with E-state index in [0.29, 0.717) is 17.1 Å². The minimum atomic E-state index is -0.108. The van der Waals surface area contributed by atoms with Crippen molar-refractivity contribution in [1.82, 2.24) is 5.32 Å². The second-order valence-corrected chi connectivity index (χ2v) is 4.14. The third-order valence-electron chi connectivity index (χ3n) is 1.98. The van der Waals surface area contributed by atoms with Gasteiger partial charge in [0.15, 0.2) is 0 Å². The fourth-order valence-corrected chi connectivity index (χ4v) is 1.87. The molecule has 0 fully saturated rings. The summed E-state index contributed by atoms with van der Waals surface area (Å²) in [5.41, 5.74) is 0.519. The number of hydrogen-bond donors (Lipinski definition) is 2. The van der Waals surface area contributed by atoms with Crippen LogP contribution in [0.1, 0.15) is 12.5 Å². The zero-order valence-electron chi connectivity index (χ0n) is 8.70. The number of carbonyl (C=O) groups excluding carboxylic acids is 1. The van der Waals surface area contributed by atoms with E-state index < -0.39 is 0 Å². The quantitative estimate of drug-likeness (QED) is 0.811. The van der Waals surface area contributed by atoms with Crippen LogP contribution in [0.5, 0.6) is 0 Å². The molecule has 1 unspecified atom stereocenters. The Hall–Kier alpha value is -1.38. The zero-order chi connectivity index (χ0) is 11.3. The van der Waals surface area contributed by atoms with Gasteiger partial charge in [-0.2, -0.15) is 5.26 Å². The third-order valence-corrected chi connectivity index (χ3v) is 2.81. The summed E-state index contributed by atoms with van der Waals surface area (Å²) in [4.78, 5) is 11.6. The summed E-state index contributed by atoms with van der Waals surface area (Å²) in [6.45, 7) is 2.46. The van der Waals surface area contributed by atoms with Gasteiger partial charge in [-0.05, 0) is 18.5 Å². The van der Waals surface area contributed by atoms with E-state index in [-0.39, 0.29) is 11.8 Å². The third kappa shape index (κ3) is 3.05. The molecule has 1 aromatic heterocycles. The van der Waals surface area contributed by atoms with Crippen LogP contribution in [0.4, 0.5) is 5.00 Å². The highest BCUT2D eigenvalue weighted by molar-refractivity contribution is 7.14. The highest BCUT2D eigenvalue weighted by Crippen LogP contribution is 2.22. The lowest BCUT2D eigenvalue weighted by Crippen LogP contribution is -2.28. The second-order valence-electron chi connectivity index (χ2n) is 3.22. The topological polar surface area (TPSA) is 64.9 Å². The molecular formula is C10H13N3OS. The molecular weight excluding hydrogens is 210 g/mol. The van der Waals surface area contributed by atoms with Gasteiger partial charge in [-0.3, -0.25) is 4.79 Å². The summed E-state index contributed by atoms with van der Waals surface area (Å²) in [6, 6.07) is 3.73. The first-order valence-electron chi connectivity index (χ1n) is 4.62. The molecule has 1 heterocycles. The van der Waals surface area contributed by atoms with Crippen LogP contribution in [0.15, 0.2) is 11.4 Å². The Morgan fingerprint density at radius 3 is 3.07 bits per heavy atom. The van der Waals surface area contributed by atoms with Crippen molar-refractivity contribution < 1.29 is 4.79 Å². The monoisotopic (exact) mass is 223 g/mol. The van der Waals surface area contributed by atoms with Gasteiger partial charge >= 0.3 is 0 Å². The average molecular weight is 223 g/mol. The van der Waals surface area contributed by atoms with Gasteiger partial charge in [0.1, 0.15) is 11.1 Å². The standard InChI is InChI=1S/C10H13N3OS/c1-7(6-12-2)9(14)13-10-8(5-11)3-4-15-10/h3-4,7,12H,6H2,1-2H3,(H,13,14). The van der Waals surface area contributed by atoms with Crippen LogP contribution < -0.4 is 10.6 Å². The Kier molecular flexibility index (Phi) is 4.28. The van der Waals surface area contributed by atoms with Crippen molar-refractivity contribution in [3.05, 3.63) is 17.0 Å². The van der Waals surface area contributed by atoms with Crippen LogP contribution >= 0.6 is 11.3 Å². The maximum absolute atomic E-state index is 11.6. The number of thiophene rings is 1. The normalized spacial score (nSPS) is 11.8. The summed E-state index contributed by atoms with van der Waals surface area (Å²) >= 11 is 1.36. The Bertz CT molecular complexity index is 380. The first-order chi connectivity index (χ1) is 7.19. The average Bonchev–Trinajstić information content (AvgIpc) is 2.65. The number of nitrogens with one attached hydrogen (secondary N) is 2. The van der Waals surface area contributed by atoms with Crippen LogP contribution in [-0.4, -0.2) is 19.5 Å². The van der Waals surface area contributed by atoms with Gasteiger partial charge in [-0.15, -0.1) is 11.3 Å². The van der Waals surface area contributed by atoms with Gasteiger partial charge in [0.2, 0.25) is 5.91 Å². The Balaban J connectivity index is 2.63. The number of hydrogen-bond acceptors (Lipinski definition) is 4. The van der Waals surface area contributed by atoms with Crippen molar-refractivity contribution in [3.63, 3.8) is 0 Å². The van der Waals surface area contributed by atoms with E-state index in [0.717, 1.165) is 0 Å². The molecule has 2 N–H and O–H groups in total. The SMILES string of the molecule is CNCC(C)C(=O)Nc1sccc1C#N. The molecule has 0 aliphatic rings. The first kappa shape index (κ1) is 11.7. The Morgan fingerprint density at radius 2 is 2.47 bits per heavy atom. The zero-order valence-corrected chi connectivity index (χ0v) is 9.52. The fourth-order valence-electron chi connectivity index (χ4n) is 1.13. The van der Waals surface area contributed by atoms with Crippen molar-refractivity contribution in [2.75, 3.05) is 18.9 Å². The van der Waals surface area contributed by atoms with Crippen LogP contribution in [0.3, 0.4) is 0 Å². The highest BCUT2D eigenvalue weighted by Gasteiger charge is 2.14. The number of carbonyl (C=O) groups is 1. The number of nitriles is 1. The molecule has 1 atom stereocenters. The van der Waals surface area contributed by atoms with E-state index in [1.807, 2.05) is 13.0 Å². The molecule has 1 aromatic rings. The summed E-state index contributed by atoms with van der Waals surface area (Å²) in [5, 5.41) is 16.9. The van der Waals surface area contributed by atoms with E-state index in [2.05, 4.69) is 10.6 Å². The fraction of sp³-hybridized carbons (Fsp3) is 0.400. The van der Waals surface area contributed by atoms with Gasteiger partial charge in [0, 0.05) is 12.5 Å². The smallest absolute Gasteiger partial charge is 0.229 e. The largest absolute Gasteiger partial charge is 0.319 e. The Morgan fingerprint density at radius 1 is 1.73 bits per heavy atom.